The van der Waals surface area contributed by atoms with E-state index in [1.807, 2.05) is 48.7 Å². The highest BCUT2D eigenvalue weighted by Gasteiger charge is 2.05. The van der Waals surface area contributed by atoms with Crippen molar-refractivity contribution < 1.29 is 4.74 Å². The second kappa shape index (κ2) is 4.97. The van der Waals surface area contributed by atoms with Gasteiger partial charge in [-0.2, -0.15) is 0 Å². The number of ether oxygens (including phenoxy) is 1. The number of aromatic amines is 1. The van der Waals surface area contributed by atoms with Crippen LogP contribution in [0.15, 0.2) is 53.1 Å². The normalized spacial score (nSPS) is 10.6. The van der Waals surface area contributed by atoms with Crippen molar-refractivity contribution in [2.24, 2.45) is 0 Å². The lowest BCUT2D eigenvalue weighted by molar-refractivity contribution is 0.415. The van der Waals surface area contributed by atoms with Crippen LogP contribution in [0.3, 0.4) is 0 Å². The van der Waals surface area contributed by atoms with Gasteiger partial charge in [-0.25, -0.2) is 0 Å². The first-order valence-corrected chi connectivity index (χ1v) is 6.73. The number of rotatable bonds is 3. The summed E-state index contributed by atoms with van der Waals surface area (Å²) >= 11 is 3.43. The number of hydrogen-bond acceptors (Lipinski definition) is 2. The van der Waals surface area contributed by atoms with Gasteiger partial charge in [0.15, 0.2) is 0 Å². The highest BCUT2D eigenvalue weighted by molar-refractivity contribution is 9.10. The van der Waals surface area contributed by atoms with E-state index in [-0.39, 0.29) is 0 Å². The van der Waals surface area contributed by atoms with Gasteiger partial charge in [0.2, 0.25) is 0 Å². The Morgan fingerprint density at radius 1 is 1.11 bits per heavy atom. The predicted octanol–water partition coefficient (Wildman–Crippen LogP) is 4.68. The number of hydrogen-bond donors (Lipinski definition) is 2. The number of fused-ring (bicyclic) bond motifs is 1. The molecular formula is C15H13BrN2O. The van der Waals surface area contributed by atoms with Crippen LogP contribution in [-0.2, 0) is 0 Å². The molecule has 1 heterocycles. The molecule has 0 saturated heterocycles. The van der Waals surface area contributed by atoms with E-state index < -0.39 is 0 Å². The van der Waals surface area contributed by atoms with Gasteiger partial charge in [0.25, 0.3) is 0 Å². The molecular weight excluding hydrogens is 304 g/mol. The van der Waals surface area contributed by atoms with Crippen molar-refractivity contribution in [1.82, 2.24) is 4.98 Å². The largest absolute Gasteiger partial charge is 0.497 e. The molecule has 0 radical (unpaired) electrons. The van der Waals surface area contributed by atoms with Crippen molar-refractivity contribution >= 4 is 38.2 Å². The summed E-state index contributed by atoms with van der Waals surface area (Å²) in [6, 6.07) is 14.1. The molecule has 0 spiro atoms. The Labute approximate surface area is 119 Å². The zero-order valence-electron chi connectivity index (χ0n) is 10.4. The first-order valence-electron chi connectivity index (χ1n) is 5.94. The lowest BCUT2D eigenvalue weighted by atomic mass is 10.2. The van der Waals surface area contributed by atoms with Crippen LogP contribution in [0.5, 0.6) is 5.75 Å². The molecule has 0 aliphatic carbocycles. The average Bonchev–Trinajstić information content (AvgIpc) is 2.84. The third-order valence-electron chi connectivity index (χ3n) is 3.01. The summed E-state index contributed by atoms with van der Waals surface area (Å²) in [6.07, 6.45) is 1.96. The van der Waals surface area contributed by atoms with Gasteiger partial charge in [-0.05, 0) is 42.5 Å². The van der Waals surface area contributed by atoms with Crippen molar-refractivity contribution in [1.29, 1.82) is 0 Å². The molecule has 0 aliphatic heterocycles. The van der Waals surface area contributed by atoms with E-state index >= 15 is 0 Å². The predicted molar refractivity (Wildman–Crippen MR) is 82.3 cm³/mol. The van der Waals surface area contributed by atoms with Crippen LogP contribution in [0.25, 0.3) is 10.9 Å². The second-order valence-corrected chi connectivity index (χ2v) is 5.16. The molecule has 0 fully saturated rings. The molecule has 3 rings (SSSR count). The Hall–Kier alpha value is -1.94. The van der Waals surface area contributed by atoms with Gasteiger partial charge in [0.1, 0.15) is 5.75 Å². The van der Waals surface area contributed by atoms with Crippen molar-refractivity contribution in [2.75, 3.05) is 12.4 Å². The molecule has 0 bridgehead atoms. The fourth-order valence-corrected chi connectivity index (χ4v) is 2.28. The van der Waals surface area contributed by atoms with Crippen LogP contribution >= 0.6 is 15.9 Å². The summed E-state index contributed by atoms with van der Waals surface area (Å²) in [6.45, 7) is 0. The molecule has 0 aliphatic rings. The van der Waals surface area contributed by atoms with Crippen molar-refractivity contribution in [3.63, 3.8) is 0 Å². The first kappa shape index (κ1) is 12.1. The van der Waals surface area contributed by atoms with E-state index in [0.717, 1.165) is 32.5 Å². The summed E-state index contributed by atoms with van der Waals surface area (Å²) < 4.78 is 6.33. The minimum atomic E-state index is 0.853. The maximum absolute atomic E-state index is 5.26. The molecule has 3 aromatic rings. The van der Waals surface area contributed by atoms with Crippen LogP contribution in [0.1, 0.15) is 0 Å². The zero-order chi connectivity index (χ0) is 13.2. The second-order valence-electron chi connectivity index (χ2n) is 4.25. The van der Waals surface area contributed by atoms with E-state index in [9.17, 15) is 0 Å². The lowest BCUT2D eigenvalue weighted by Crippen LogP contribution is -1.88. The van der Waals surface area contributed by atoms with E-state index in [1.54, 1.807) is 7.11 Å². The topological polar surface area (TPSA) is 37.0 Å². The van der Waals surface area contributed by atoms with Crippen molar-refractivity contribution in [2.45, 2.75) is 0 Å². The maximum atomic E-state index is 5.26. The molecule has 0 amide bonds. The number of benzene rings is 2. The van der Waals surface area contributed by atoms with E-state index in [0.29, 0.717) is 0 Å². The number of halogens is 1. The smallest absolute Gasteiger partial charge is 0.119 e. The van der Waals surface area contributed by atoms with Crippen LogP contribution < -0.4 is 10.1 Å². The molecule has 96 valence electrons. The van der Waals surface area contributed by atoms with Gasteiger partial charge in [0.05, 0.1) is 12.8 Å². The Kier molecular flexibility index (Phi) is 3.17. The SMILES string of the molecule is COc1ccc2[nH]cc(Nc3ccc(Br)cc3)c2c1. The molecule has 19 heavy (non-hydrogen) atoms. The highest BCUT2D eigenvalue weighted by Crippen LogP contribution is 2.29. The average molecular weight is 317 g/mol. The fraction of sp³-hybridized carbons (Fsp3) is 0.0667. The summed E-state index contributed by atoms with van der Waals surface area (Å²) in [5.41, 5.74) is 3.17. The van der Waals surface area contributed by atoms with Crippen molar-refractivity contribution in [3.8, 4) is 5.75 Å². The fourth-order valence-electron chi connectivity index (χ4n) is 2.02. The molecule has 2 N–H and O–H groups in total. The van der Waals surface area contributed by atoms with E-state index in [4.69, 9.17) is 4.74 Å². The summed E-state index contributed by atoms with van der Waals surface area (Å²) in [4.78, 5) is 3.24. The van der Waals surface area contributed by atoms with E-state index in [2.05, 4.69) is 26.2 Å². The molecule has 0 unspecified atom stereocenters. The first-order chi connectivity index (χ1) is 9.26. The molecule has 1 aromatic heterocycles. The third kappa shape index (κ3) is 2.44. The lowest BCUT2D eigenvalue weighted by Gasteiger charge is -2.06. The van der Waals surface area contributed by atoms with Gasteiger partial charge in [-0.3, -0.25) is 0 Å². The van der Waals surface area contributed by atoms with Crippen molar-refractivity contribution in [3.05, 3.63) is 53.1 Å². The minimum Gasteiger partial charge on any atom is -0.497 e. The van der Waals surface area contributed by atoms with Crippen LogP contribution in [-0.4, -0.2) is 12.1 Å². The molecule has 0 atom stereocenters. The number of methoxy groups -OCH3 is 1. The quantitative estimate of drug-likeness (QED) is 0.736. The Bertz CT molecular complexity index is 704. The van der Waals surface area contributed by atoms with E-state index in [1.165, 1.54) is 0 Å². The Balaban J connectivity index is 1.98. The van der Waals surface area contributed by atoms with Gasteiger partial charge in [-0.1, -0.05) is 15.9 Å². The summed E-state index contributed by atoms with van der Waals surface area (Å²) in [5.74, 6) is 0.853. The summed E-state index contributed by atoms with van der Waals surface area (Å²) in [5, 5.41) is 4.51. The van der Waals surface area contributed by atoms with Crippen LogP contribution in [0.2, 0.25) is 0 Å². The standard InChI is InChI=1S/C15H13BrN2O/c1-19-12-6-7-14-13(8-12)15(9-17-14)18-11-4-2-10(16)3-5-11/h2-9,17-18H,1H3. The Morgan fingerprint density at radius 2 is 1.89 bits per heavy atom. The number of anilines is 2. The number of H-pyrrole nitrogens is 1. The van der Waals surface area contributed by atoms with Crippen LogP contribution in [0.4, 0.5) is 11.4 Å². The summed E-state index contributed by atoms with van der Waals surface area (Å²) in [7, 11) is 1.68. The molecule has 3 nitrogen and oxygen atoms in total. The minimum absolute atomic E-state index is 0.853. The van der Waals surface area contributed by atoms with Gasteiger partial charge in [0, 0.05) is 27.3 Å². The maximum Gasteiger partial charge on any atom is 0.119 e. The van der Waals surface area contributed by atoms with Gasteiger partial charge >= 0.3 is 0 Å². The van der Waals surface area contributed by atoms with Gasteiger partial charge < -0.3 is 15.0 Å². The molecule has 2 aromatic carbocycles. The molecule has 0 saturated carbocycles. The number of aromatic nitrogens is 1. The third-order valence-corrected chi connectivity index (χ3v) is 3.54. The zero-order valence-corrected chi connectivity index (χ0v) is 12.0. The van der Waals surface area contributed by atoms with Crippen LogP contribution in [0, 0.1) is 0 Å². The number of nitrogens with one attached hydrogen (secondary N) is 2. The van der Waals surface area contributed by atoms with Gasteiger partial charge in [-0.15, -0.1) is 0 Å². The monoisotopic (exact) mass is 316 g/mol. The highest BCUT2D eigenvalue weighted by atomic mass is 79.9. The Morgan fingerprint density at radius 3 is 2.63 bits per heavy atom. The molecule has 4 heteroatoms.